The quantitative estimate of drug-likeness (QED) is 0.784. The van der Waals surface area contributed by atoms with E-state index in [9.17, 15) is 4.79 Å². The molecule has 0 amide bonds. The van der Waals surface area contributed by atoms with Crippen LogP contribution in [-0.4, -0.2) is 19.1 Å². The first kappa shape index (κ1) is 12.2. The summed E-state index contributed by atoms with van der Waals surface area (Å²) in [7, 11) is 1.41. The minimum Gasteiger partial charge on any atom is -0.469 e. The van der Waals surface area contributed by atoms with Crippen LogP contribution in [0.25, 0.3) is 0 Å². The van der Waals surface area contributed by atoms with Crippen LogP contribution in [0.5, 0.6) is 0 Å². The van der Waals surface area contributed by atoms with Crippen LogP contribution in [0.2, 0.25) is 0 Å². The molecule has 1 aromatic rings. The van der Waals surface area contributed by atoms with Gasteiger partial charge in [-0.1, -0.05) is 13.0 Å². The number of thiophene rings is 1. The summed E-state index contributed by atoms with van der Waals surface area (Å²) in [6.45, 7) is 2.03. The van der Waals surface area contributed by atoms with Crippen molar-refractivity contribution in [1.82, 2.24) is 0 Å². The van der Waals surface area contributed by atoms with Gasteiger partial charge in [-0.2, -0.15) is 0 Å². The average molecular weight is 227 g/mol. The van der Waals surface area contributed by atoms with E-state index in [2.05, 4.69) is 4.74 Å². The van der Waals surface area contributed by atoms with Gasteiger partial charge in [0.05, 0.1) is 13.5 Å². The summed E-state index contributed by atoms with van der Waals surface area (Å²) in [6.07, 6.45) is 1.23. The van der Waals surface area contributed by atoms with Crippen LogP contribution in [0.15, 0.2) is 17.5 Å². The van der Waals surface area contributed by atoms with Crippen molar-refractivity contribution < 1.29 is 9.53 Å². The standard InChI is InChI=1S/C11H17NO2S/c1-3-9(12)8(7-11(13)14-2)10-5-4-6-15-10/h4-6,8-9H,3,7,12H2,1-2H3. The molecule has 15 heavy (non-hydrogen) atoms. The molecule has 84 valence electrons. The van der Waals surface area contributed by atoms with Gasteiger partial charge in [0.25, 0.3) is 0 Å². The third-order valence-electron chi connectivity index (χ3n) is 2.51. The van der Waals surface area contributed by atoms with Gasteiger partial charge in [0.15, 0.2) is 0 Å². The number of methoxy groups -OCH3 is 1. The van der Waals surface area contributed by atoms with E-state index >= 15 is 0 Å². The lowest BCUT2D eigenvalue weighted by Gasteiger charge is -2.20. The van der Waals surface area contributed by atoms with E-state index < -0.39 is 0 Å². The SMILES string of the molecule is CCC(N)C(CC(=O)OC)c1cccs1. The van der Waals surface area contributed by atoms with Crippen molar-refractivity contribution in [1.29, 1.82) is 0 Å². The molecule has 0 aromatic carbocycles. The molecule has 2 N–H and O–H groups in total. The van der Waals surface area contributed by atoms with Crippen molar-refractivity contribution in [3.63, 3.8) is 0 Å². The Morgan fingerprint density at radius 1 is 1.67 bits per heavy atom. The van der Waals surface area contributed by atoms with Gasteiger partial charge >= 0.3 is 5.97 Å². The van der Waals surface area contributed by atoms with E-state index in [1.54, 1.807) is 11.3 Å². The highest BCUT2D eigenvalue weighted by molar-refractivity contribution is 7.10. The van der Waals surface area contributed by atoms with Crippen LogP contribution in [0, 0.1) is 0 Å². The van der Waals surface area contributed by atoms with E-state index in [4.69, 9.17) is 5.73 Å². The molecular weight excluding hydrogens is 210 g/mol. The predicted molar refractivity (Wildman–Crippen MR) is 62.0 cm³/mol. The van der Waals surface area contributed by atoms with Crippen molar-refractivity contribution in [3.8, 4) is 0 Å². The molecule has 1 rings (SSSR count). The summed E-state index contributed by atoms with van der Waals surface area (Å²) in [5, 5.41) is 2.00. The van der Waals surface area contributed by atoms with E-state index in [0.717, 1.165) is 11.3 Å². The fraction of sp³-hybridized carbons (Fsp3) is 0.545. The summed E-state index contributed by atoms with van der Waals surface area (Å²) in [4.78, 5) is 12.4. The summed E-state index contributed by atoms with van der Waals surface area (Å²) < 4.78 is 4.68. The second-order valence-electron chi connectivity index (χ2n) is 3.47. The molecule has 3 nitrogen and oxygen atoms in total. The number of hydrogen-bond acceptors (Lipinski definition) is 4. The fourth-order valence-electron chi connectivity index (χ4n) is 1.51. The Labute approximate surface area is 94.2 Å². The zero-order valence-corrected chi connectivity index (χ0v) is 9.92. The molecule has 2 atom stereocenters. The maximum atomic E-state index is 11.3. The van der Waals surface area contributed by atoms with Gasteiger partial charge in [0.2, 0.25) is 0 Å². The molecule has 0 spiro atoms. The zero-order valence-electron chi connectivity index (χ0n) is 9.10. The third kappa shape index (κ3) is 3.32. The molecule has 1 heterocycles. The monoisotopic (exact) mass is 227 g/mol. The minimum absolute atomic E-state index is 0.0164. The zero-order chi connectivity index (χ0) is 11.3. The first-order valence-electron chi connectivity index (χ1n) is 5.04. The van der Waals surface area contributed by atoms with E-state index in [-0.39, 0.29) is 17.9 Å². The summed E-state index contributed by atoms with van der Waals surface area (Å²) >= 11 is 1.64. The number of nitrogens with two attached hydrogens (primary N) is 1. The van der Waals surface area contributed by atoms with Gasteiger partial charge in [-0.15, -0.1) is 11.3 Å². The summed E-state index contributed by atoms with van der Waals surface area (Å²) in [5.41, 5.74) is 6.01. The lowest BCUT2D eigenvalue weighted by molar-refractivity contribution is -0.141. The second kappa shape index (κ2) is 5.88. The van der Waals surface area contributed by atoms with E-state index in [1.165, 1.54) is 7.11 Å². The largest absolute Gasteiger partial charge is 0.469 e. The summed E-state index contributed by atoms with van der Waals surface area (Å²) in [5.74, 6) is -0.111. The molecule has 0 radical (unpaired) electrons. The van der Waals surface area contributed by atoms with Crippen molar-refractivity contribution in [2.24, 2.45) is 5.73 Å². The van der Waals surface area contributed by atoms with E-state index in [0.29, 0.717) is 6.42 Å². The van der Waals surface area contributed by atoms with Gasteiger partial charge in [-0.25, -0.2) is 0 Å². The molecule has 0 aliphatic rings. The molecule has 4 heteroatoms. The first-order valence-corrected chi connectivity index (χ1v) is 5.92. The van der Waals surface area contributed by atoms with Crippen molar-refractivity contribution in [2.75, 3.05) is 7.11 Å². The Kier molecular flexibility index (Phi) is 4.78. The lowest BCUT2D eigenvalue weighted by atomic mass is 9.93. The Hall–Kier alpha value is -0.870. The van der Waals surface area contributed by atoms with Gasteiger partial charge in [-0.3, -0.25) is 4.79 Å². The highest BCUT2D eigenvalue weighted by atomic mass is 32.1. The molecular formula is C11H17NO2S. The minimum atomic E-state index is -0.197. The number of esters is 1. The summed E-state index contributed by atoms with van der Waals surface area (Å²) in [6, 6.07) is 4.02. The van der Waals surface area contributed by atoms with Crippen LogP contribution < -0.4 is 5.73 Å². The number of rotatable bonds is 5. The second-order valence-corrected chi connectivity index (χ2v) is 4.45. The Morgan fingerprint density at radius 2 is 2.40 bits per heavy atom. The van der Waals surface area contributed by atoms with Crippen molar-refractivity contribution in [3.05, 3.63) is 22.4 Å². The number of carbonyl (C=O) groups is 1. The van der Waals surface area contributed by atoms with Crippen LogP contribution in [0.4, 0.5) is 0 Å². The molecule has 0 fully saturated rings. The van der Waals surface area contributed by atoms with Gasteiger partial charge in [0.1, 0.15) is 0 Å². The molecule has 0 saturated carbocycles. The molecule has 0 aliphatic heterocycles. The highest BCUT2D eigenvalue weighted by Gasteiger charge is 2.22. The third-order valence-corrected chi connectivity index (χ3v) is 3.52. The number of carbonyl (C=O) groups excluding carboxylic acids is 1. The maximum Gasteiger partial charge on any atom is 0.306 e. The number of hydrogen-bond donors (Lipinski definition) is 1. The maximum absolute atomic E-state index is 11.3. The highest BCUT2D eigenvalue weighted by Crippen LogP contribution is 2.28. The normalized spacial score (nSPS) is 14.6. The molecule has 0 saturated heterocycles. The van der Waals surface area contributed by atoms with Crippen LogP contribution >= 0.6 is 11.3 Å². The molecule has 2 unspecified atom stereocenters. The lowest BCUT2D eigenvalue weighted by Crippen LogP contribution is -2.29. The van der Waals surface area contributed by atoms with Crippen molar-refractivity contribution >= 4 is 17.3 Å². The van der Waals surface area contributed by atoms with Crippen LogP contribution in [-0.2, 0) is 9.53 Å². The van der Waals surface area contributed by atoms with Gasteiger partial charge < -0.3 is 10.5 Å². The topological polar surface area (TPSA) is 52.3 Å². The first-order chi connectivity index (χ1) is 7.19. The van der Waals surface area contributed by atoms with E-state index in [1.807, 2.05) is 24.4 Å². The van der Waals surface area contributed by atoms with Gasteiger partial charge in [-0.05, 0) is 17.9 Å². The fourth-order valence-corrected chi connectivity index (χ4v) is 2.42. The number of ether oxygens (including phenoxy) is 1. The van der Waals surface area contributed by atoms with Crippen molar-refractivity contribution in [2.45, 2.75) is 31.7 Å². The van der Waals surface area contributed by atoms with Gasteiger partial charge in [0, 0.05) is 16.8 Å². The molecule has 1 aromatic heterocycles. The average Bonchev–Trinajstić information content (AvgIpc) is 2.77. The molecule has 0 bridgehead atoms. The molecule has 0 aliphatic carbocycles. The Bertz CT molecular complexity index is 298. The van der Waals surface area contributed by atoms with Crippen LogP contribution in [0.1, 0.15) is 30.6 Å². The van der Waals surface area contributed by atoms with Crippen LogP contribution in [0.3, 0.4) is 0 Å². The Balaban J connectivity index is 2.74. The predicted octanol–water partition coefficient (Wildman–Crippen LogP) is 2.13. The smallest absolute Gasteiger partial charge is 0.306 e. The Morgan fingerprint density at radius 3 is 2.87 bits per heavy atom.